The number of hydrogen-bond donors (Lipinski definition) is 0. The largest absolute Gasteiger partial charge is 0.455 e. The first-order valence-corrected chi connectivity index (χ1v) is 10.5. The lowest BCUT2D eigenvalue weighted by molar-refractivity contribution is 0.602. The number of para-hydroxylation sites is 1. The van der Waals surface area contributed by atoms with E-state index in [0.29, 0.717) is 5.92 Å². The molecule has 0 amide bonds. The molecule has 0 saturated carbocycles. The summed E-state index contributed by atoms with van der Waals surface area (Å²) >= 11 is 0. The number of pyridine rings is 1. The Morgan fingerprint density at radius 2 is 1.60 bits per heavy atom. The topological polar surface area (TPSA) is 26.0 Å². The molecule has 0 aliphatic carbocycles. The third kappa shape index (κ3) is 2.80. The maximum absolute atomic E-state index is 14.6. The number of hydrogen-bond acceptors (Lipinski definition) is 2. The van der Waals surface area contributed by atoms with Crippen LogP contribution in [-0.4, -0.2) is 4.98 Å². The first kappa shape index (κ1) is 18.8. The van der Waals surface area contributed by atoms with Gasteiger partial charge in [-0.15, -0.1) is 0 Å². The van der Waals surface area contributed by atoms with Crippen molar-refractivity contribution in [3.63, 3.8) is 0 Å². The highest BCUT2D eigenvalue weighted by molar-refractivity contribution is 6.12. The average Bonchev–Trinajstić information content (AvgIpc) is 3.10. The first-order chi connectivity index (χ1) is 14.5. The molecular weight excluding hydrogens is 373 g/mol. The highest BCUT2D eigenvalue weighted by atomic mass is 19.1. The molecule has 0 bridgehead atoms. The van der Waals surface area contributed by atoms with E-state index in [1.807, 2.05) is 44.2 Å². The van der Waals surface area contributed by atoms with Gasteiger partial charge in [-0.05, 0) is 64.7 Å². The molecule has 2 nitrogen and oxygen atoms in total. The van der Waals surface area contributed by atoms with Gasteiger partial charge in [-0.25, -0.2) is 4.39 Å². The molecule has 30 heavy (non-hydrogen) atoms. The second kappa shape index (κ2) is 6.94. The second-order valence-corrected chi connectivity index (χ2v) is 8.57. The maximum atomic E-state index is 14.6. The van der Waals surface area contributed by atoms with Gasteiger partial charge in [-0.2, -0.15) is 0 Å². The number of halogens is 1. The van der Waals surface area contributed by atoms with E-state index in [4.69, 9.17) is 9.40 Å². The van der Waals surface area contributed by atoms with E-state index in [-0.39, 0.29) is 11.7 Å². The van der Waals surface area contributed by atoms with E-state index >= 15 is 0 Å². The number of nitrogens with zero attached hydrogens (tertiary/aromatic N) is 1. The Balaban J connectivity index is 1.92. The van der Waals surface area contributed by atoms with Gasteiger partial charge in [0.05, 0.1) is 5.69 Å². The molecule has 150 valence electrons. The zero-order valence-electron chi connectivity index (χ0n) is 17.7. The fourth-order valence-corrected chi connectivity index (χ4v) is 4.41. The molecule has 2 heterocycles. The molecule has 5 rings (SSSR count). The molecule has 2 aromatic heterocycles. The number of fused-ring (bicyclic) bond motifs is 4. The van der Waals surface area contributed by atoms with Crippen LogP contribution in [0.2, 0.25) is 0 Å². The van der Waals surface area contributed by atoms with E-state index < -0.39 is 0 Å². The fourth-order valence-electron chi connectivity index (χ4n) is 4.41. The van der Waals surface area contributed by atoms with Crippen molar-refractivity contribution in [3.05, 3.63) is 77.7 Å². The van der Waals surface area contributed by atoms with Crippen molar-refractivity contribution in [2.24, 2.45) is 0 Å². The Morgan fingerprint density at radius 1 is 0.800 bits per heavy atom. The summed E-state index contributed by atoms with van der Waals surface area (Å²) in [5.41, 5.74) is 5.45. The van der Waals surface area contributed by atoms with Gasteiger partial charge in [-0.3, -0.25) is 4.98 Å². The summed E-state index contributed by atoms with van der Waals surface area (Å²) in [6, 6.07) is 17.8. The summed E-state index contributed by atoms with van der Waals surface area (Å²) in [5.74, 6) is 0.275. The smallest absolute Gasteiger partial charge is 0.144 e. The molecule has 3 heteroatoms. The van der Waals surface area contributed by atoms with Crippen molar-refractivity contribution in [2.45, 2.75) is 39.5 Å². The van der Waals surface area contributed by atoms with E-state index in [2.05, 4.69) is 32.0 Å². The summed E-state index contributed by atoms with van der Waals surface area (Å²) in [5, 5.41) is 4.06. The van der Waals surface area contributed by atoms with Crippen molar-refractivity contribution in [1.82, 2.24) is 4.98 Å². The van der Waals surface area contributed by atoms with Crippen molar-refractivity contribution in [2.75, 3.05) is 0 Å². The van der Waals surface area contributed by atoms with Crippen LogP contribution in [0.5, 0.6) is 0 Å². The van der Waals surface area contributed by atoms with Gasteiger partial charge in [0.2, 0.25) is 0 Å². The monoisotopic (exact) mass is 397 g/mol. The molecule has 0 fully saturated rings. The van der Waals surface area contributed by atoms with Gasteiger partial charge < -0.3 is 4.42 Å². The Hall–Kier alpha value is -3.20. The molecule has 0 unspecified atom stereocenters. The van der Waals surface area contributed by atoms with E-state index in [1.54, 1.807) is 12.3 Å². The van der Waals surface area contributed by atoms with E-state index in [9.17, 15) is 4.39 Å². The predicted molar refractivity (Wildman–Crippen MR) is 123 cm³/mol. The average molecular weight is 397 g/mol. The SMILES string of the molecule is CC(C)c1cc(-c2nccc3c(C(C)C)c(F)ccc23)c2oc3ccccc3c2c1. The minimum absolute atomic E-state index is 0.0807. The van der Waals surface area contributed by atoms with Crippen LogP contribution < -0.4 is 0 Å². The normalized spacial score (nSPS) is 12.1. The van der Waals surface area contributed by atoms with Gasteiger partial charge >= 0.3 is 0 Å². The molecule has 5 aromatic rings. The van der Waals surface area contributed by atoms with Gasteiger partial charge in [0, 0.05) is 27.9 Å². The summed E-state index contributed by atoms with van der Waals surface area (Å²) in [7, 11) is 0. The summed E-state index contributed by atoms with van der Waals surface area (Å²) in [6.45, 7) is 8.43. The lowest BCUT2D eigenvalue weighted by atomic mass is 9.91. The predicted octanol–water partition coefficient (Wildman–Crippen LogP) is 8.19. The Labute approximate surface area is 175 Å². The van der Waals surface area contributed by atoms with Crippen LogP contribution in [0, 0.1) is 5.82 Å². The number of rotatable bonds is 3. The second-order valence-electron chi connectivity index (χ2n) is 8.57. The lowest BCUT2D eigenvalue weighted by Gasteiger charge is -2.15. The Bertz CT molecular complexity index is 1410. The molecule has 0 atom stereocenters. The molecular formula is C27H24FNO. The molecule has 0 N–H and O–H groups in total. The molecule has 0 saturated heterocycles. The first-order valence-electron chi connectivity index (χ1n) is 10.5. The van der Waals surface area contributed by atoms with Crippen LogP contribution in [-0.2, 0) is 0 Å². The minimum atomic E-state index is -0.167. The molecule has 0 aliphatic heterocycles. The van der Waals surface area contributed by atoms with Crippen molar-refractivity contribution >= 4 is 32.7 Å². The lowest BCUT2D eigenvalue weighted by Crippen LogP contribution is -1.97. The summed E-state index contributed by atoms with van der Waals surface area (Å²) < 4.78 is 20.9. The minimum Gasteiger partial charge on any atom is -0.455 e. The third-order valence-corrected chi connectivity index (χ3v) is 5.93. The van der Waals surface area contributed by atoms with E-state index in [1.165, 1.54) is 5.56 Å². The van der Waals surface area contributed by atoms with Gasteiger partial charge in [0.25, 0.3) is 0 Å². The van der Waals surface area contributed by atoms with Crippen LogP contribution in [0.25, 0.3) is 44.0 Å². The Kier molecular flexibility index (Phi) is 4.35. The molecule has 0 radical (unpaired) electrons. The zero-order valence-corrected chi connectivity index (χ0v) is 17.7. The van der Waals surface area contributed by atoms with Crippen LogP contribution in [0.4, 0.5) is 4.39 Å². The standard InChI is InChI=1S/C27H24FNO/c1-15(2)17-13-21-18-7-5-6-8-24(18)30-27(21)22(14-17)26-20-9-10-23(28)25(16(3)4)19(20)11-12-29-26/h5-16H,1-4H3. The van der Waals surface area contributed by atoms with Gasteiger partial charge in [0.15, 0.2) is 0 Å². The fraction of sp³-hybridized carbons (Fsp3) is 0.222. The highest BCUT2D eigenvalue weighted by Crippen LogP contribution is 2.41. The van der Waals surface area contributed by atoms with Crippen molar-refractivity contribution < 1.29 is 8.81 Å². The molecule has 0 spiro atoms. The third-order valence-electron chi connectivity index (χ3n) is 5.93. The summed E-state index contributed by atoms with van der Waals surface area (Å²) in [6.07, 6.45) is 1.78. The Morgan fingerprint density at radius 3 is 2.37 bits per heavy atom. The number of aromatic nitrogens is 1. The van der Waals surface area contributed by atoms with Crippen molar-refractivity contribution in [1.29, 1.82) is 0 Å². The van der Waals surface area contributed by atoms with Crippen LogP contribution in [0.3, 0.4) is 0 Å². The van der Waals surface area contributed by atoms with E-state index in [0.717, 1.165) is 49.5 Å². The quantitative estimate of drug-likeness (QED) is 0.307. The molecule has 3 aromatic carbocycles. The van der Waals surface area contributed by atoms with Crippen LogP contribution in [0.1, 0.15) is 50.7 Å². The van der Waals surface area contributed by atoms with Crippen LogP contribution in [0.15, 0.2) is 65.2 Å². The maximum Gasteiger partial charge on any atom is 0.144 e. The molecule has 0 aliphatic rings. The number of benzene rings is 3. The van der Waals surface area contributed by atoms with Crippen LogP contribution >= 0.6 is 0 Å². The zero-order chi connectivity index (χ0) is 21.0. The van der Waals surface area contributed by atoms with Gasteiger partial charge in [-0.1, -0.05) is 45.9 Å². The highest BCUT2D eigenvalue weighted by Gasteiger charge is 2.20. The number of furan rings is 1. The van der Waals surface area contributed by atoms with Gasteiger partial charge in [0.1, 0.15) is 17.0 Å². The van der Waals surface area contributed by atoms with Crippen molar-refractivity contribution in [3.8, 4) is 11.3 Å². The summed E-state index contributed by atoms with van der Waals surface area (Å²) in [4.78, 5) is 4.75.